The Bertz CT molecular complexity index is 617. The number of nitriles is 1. The highest BCUT2D eigenvalue weighted by Crippen LogP contribution is 2.12. The molecule has 0 spiro atoms. The molecule has 1 rings (SSSR count). The fourth-order valence-electron chi connectivity index (χ4n) is 1.63. The van der Waals surface area contributed by atoms with Crippen molar-refractivity contribution in [1.29, 1.82) is 5.26 Å². The van der Waals surface area contributed by atoms with Crippen molar-refractivity contribution in [3.63, 3.8) is 0 Å². The monoisotopic (exact) mass is 310 g/mol. The van der Waals surface area contributed by atoms with E-state index >= 15 is 0 Å². The summed E-state index contributed by atoms with van der Waals surface area (Å²) in [6.45, 7) is 0.759. The first-order valence-corrected chi connectivity index (χ1v) is 8.02. The van der Waals surface area contributed by atoms with Gasteiger partial charge in [-0.3, -0.25) is 4.79 Å². The molecule has 114 valence electrons. The van der Waals surface area contributed by atoms with Crippen molar-refractivity contribution in [2.24, 2.45) is 0 Å². The molecule has 0 heterocycles. The molecule has 0 aromatic heterocycles. The molecule has 6 nitrogen and oxygen atoms in total. The lowest BCUT2D eigenvalue weighted by Crippen LogP contribution is -2.28. The van der Waals surface area contributed by atoms with Crippen LogP contribution in [0.2, 0.25) is 0 Å². The van der Waals surface area contributed by atoms with Gasteiger partial charge in [-0.15, -0.1) is 0 Å². The summed E-state index contributed by atoms with van der Waals surface area (Å²) in [5.74, 6) is -0.367. The lowest BCUT2D eigenvalue weighted by atomic mass is 10.2. The second-order valence-corrected chi connectivity index (χ2v) is 6.69. The maximum absolute atomic E-state index is 12.1. The average Bonchev–Trinajstić information content (AvgIpc) is 2.50. The maximum Gasteiger partial charge on any atom is 0.306 e. The van der Waals surface area contributed by atoms with Crippen LogP contribution in [0.5, 0.6) is 0 Å². The minimum Gasteiger partial charge on any atom is -0.469 e. The molecule has 1 aromatic rings. The van der Waals surface area contributed by atoms with Crippen LogP contribution in [-0.4, -0.2) is 52.3 Å². The summed E-state index contributed by atoms with van der Waals surface area (Å²) < 4.78 is 28.8. The number of hydrogen-bond acceptors (Lipinski definition) is 6. The Morgan fingerprint density at radius 3 is 2.43 bits per heavy atom. The molecule has 0 fully saturated rings. The minimum atomic E-state index is -3.39. The van der Waals surface area contributed by atoms with E-state index in [-0.39, 0.29) is 23.0 Å². The molecule has 0 aliphatic rings. The first-order chi connectivity index (χ1) is 9.89. The van der Waals surface area contributed by atoms with E-state index in [4.69, 9.17) is 5.26 Å². The number of carbonyl (C=O) groups is 1. The number of hydrogen-bond donors (Lipinski definition) is 0. The molecular formula is C14H18N2O4S. The maximum atomic E-state index is 12.1. The van der Waals surface area contributed by atoms with E-state index in [1.54, 1.807) is 11.9 Å². The van der Waals surface area contributed by atoms with Crippen molar-refractivity contribution >= 4 is 15.8 Å². The first kappa shape index (κ1) is 17.1. The number of benzene rings is 1. The van der Waals surface area contributed by atoms with Gasteiger partial charge in [0.2, 0.25) is 0 Å². The van der Waals surface area contributed by atoms with Crippen LogP contribution in [0.25, 0.3) is 0 Å². The Hall–Kier alpha value is -1.91. The van der Waals surface area contributed by atoms with Crippen molar-refractivity contribution in [3.05, 3.63) is 29.8 Å². The Morgan fingerprint density at radius 1 is 1.29 bits per heavy atom. The van der Waals surface area contributed by atoms with Gasteiger partial charge in [-0.1, -0.05) is 0 Å². The van der Waals surface area contributed by atoms with Gasteiger partial charge in [0.15, 0.2) is 9.84 Å². The molecule has 0 saturated carbocycles. The molecule has 0 unspecified atom stereocenters. The molecule has 0 amide bonds. The Balaban J connectivity index is 2.56. The molecule has 1 aromatic carbocycles. The summed E-state index contributed by atoms with van der Waals surface area (Å²) in [5.41, 5.74) is 0.421. The summed E-state index contributed by atoms with van der Waals surface area (Å²) >= 11 is 0. The number of methoxy groups -OCH3 is 1. The van der Waals surface area contributed by atoms with Crippen LogP contribution in [0.4, 0.5) is 0 Å². The van der Waals surface area contributed by atoms with Gasteiger partial charge in [-0.2, -0.15) is 5.26 Å². The number of esters is 1. The van der Waals surface area contributed by atoms with Gasteiger partial charge in [0.1, 0.15) is 0 Å². The van der Waals surface area contributed by atoms with Crippen molar-refractivity contribution in [1.82, 2.24) is 4.90 Å². The van der Waals surface area contributed by atoms with Crippen molar-refractivity contribution in [3.8, 4) is 6.07 Å². The van der Waals surface area contributed by atoms with E-state index in [1.807, 2.05) is 6.07 Å². The number of nitrogens with zero attached hydrogens (tertiary/aromatic N) is 2. The third-order valence-corrected chi connectivity index (χ3v) is 4.72. The summed E-state index contributed by atoms with van der Waals surface area (Å²) in [5, 5.41) is 8.69. The summed E-state index contributed by atoms with van der Waals surface area (Å²) in [6, 6.07) is 7.77. The van der Waals surface area contributed by atoms with Gasteiger partial charge in [0.25, 0.3) is 0 Å². The topological polar surface area (TPSA) is 87.5 Å². The lowest BCUT2D eigenvalue weighted by Gasteiger charge is -2.15. The number of rotatable bonds is 7. The molecule has 0 radical (unpaired) electrons. The number of sulfone groups is 1. The molecule has 0 bridgehead atoms. The van der Waals surface area contributed by atoms with E-state index < -0.39 is 9.84 Å². The summed E-state index contributed by atoms with van der Waals surface area (Å²) in [4.78, 5) is 13.0. The zero-order chi connectivity index (χ0) is 15.9. The fourth-order valence-corrected chi connectivity index (χ4v) is 2.97. The number of ether oxygens (including phenoxy) is 1. The second kappa shape index (κ2) is 7.76. The predicted molar refractivity (Wildman–Crippen MR) is 77.3 cm³/mol. The molecule has 0 atom stereocenters. The molecule has 21 heavy (non-hydrogen) atoms. The van der Waals surface area contributed by atoms with Gasteiger partial charge in [-0.25, -0.2) is 8.42 Å². The van der Waals surface area contributed by atoms with Gasteiger partial charge in [-0.05, 0) is 31.3 Å². The predicted octanol–water partition coefficient (Wildman–Crippen LogP) is 0.827. The fraction of sp³-hybridized carbons (Fsp3) is 0.429. The normalized spacial score (nSPS) is 11.1. The van der Waals surface area contributed by atoms with Gasteiger partial charge in [0, 0.05) is 13.1 Å². The van der Waals surface area contributed by atoms with E-state index in [1.165, 1.54) is 31.4 Å². The molecule has 7 heteroatoms. The van der Waals surface area contributed by atoms with Crippen molar-refractivity contribution in [2.45, 2.75) is 11.3 Å². The molecule has 0 saturated heterocycles. The van der Waals surface area contributed by atoms with Crippen LogP contribution in [-0.2, 0) is 19.4 Å². The SMILES string of the molecule is COC(=O)CCN(C)CCS(=O)(=O)c1ccc(C#N)cc1. The van der Waals surface area contributed by atoms with E-state index in [2.05, 4.69) is 4.74 Å². The van der Waals surface area contributed by atoms with Gasteiger partial charge >= 0.3 is 5.97 Å². The highest BCUT2D eigenvalue weighted by Gasteiger charge is 2.15. The first-order valence-electron chi connectivity index (χ1n) is 6.37. The highest BCUT2D eigenvalue weighted by atomic mass is 32.2. The largest absolute Gasteiger partial charge is 0.469 e. The van der Waals surface area contributed by atoms with Crippen LogP contribution < -0.4 is 0 Å². The standard InChI is InChI=1S/C14H18N2O4S/c1-16(8-7-14(17)20-2)9-10-21(18,19)13-5-3-12(11-15)4-6-13/h3-6H,7-10H2,1-2H3. The Morgan fingerprint density at radius 2 is 1.90 bits per heavy atom. The molecular weight excluding hydrogens is 292 g/mol. The smallest absolute Gasteiger partial charge is 0.306 e. The van der Waals surface area contributed by atoms with Crippen molar-refractivity contribution in [2.75, 3.05) is 33.0 Å². The van der Waals surface area contributed by atoms with Crippen molar-refractivity contribution < 1.29 is 17.9 Å². The Kier molecular flexibility index (Phi) is 6.34. The lowest BCUT2D eigenvalue weighted by molar-refractivity contribution is -0.140. The number of carbonyl (C=O) groups excluding carboxylic acids is 1. The third-order valence-electron chi connectivity index (χ3n) is 3.01. The second-order valence-electron chi connectivity index (χ2n) is 4.58. The molecule has 0 aliphatic heterocycles. The van der Waals surface area contributed by atoms with Gasteiger partial charge < -0.3 is 9.64 Å². The van der Waals surface area contributed by atoms with E-state index in [0.29, 0.717) is 18.7 Å². The zero-order valence-electron chi connectivity index (χ0n) is 12.1. The Labute approximate surface area is 124 Å². The third kappa shape index (κ3) is 5.53. The zero-order valence-corrected chi connectivity index (χ0v) is 12.9. The summed E-state index contributed by atoms with van der Waals surface area (Å²) in [7, 11) is -0.327. The average molecular weight is 310 g/mol. The van der Waals surface area contributed by atoms with E-state index in [9.17, 15) is 13.2 Å². The highest BCUT2D eigenvalue weighted by molar-refractivity contribution is 7.91. The van der Waals surface area contributed by atoms with Crippen LogP contribution in [0.3, 0.4) is 0 Å². The van der Waals surface area contributed by atoms with Crippen LogP contribution in [0.15, 0.2) is 29.2 Å². The minimum absolute atomic E-state index is 0.0451. The van der Waals surface area contributed by atoms with Crippen LogP contribution in [0, 0.1) is 11.3 Å². The summed E-state index contributed by atoms with van der Waals surface area (Å²) in [6.07, 6.45) is 0.226. The van der Waals surface area contributed by atoms with E-state index in [0.717, 1.165) is 0 Å². The molecule has 0 N–H and O–H groups in total. The quantitative estimate of drug-likeness (QED) is 0.693. The van der Waals surface area contributed by atoms with Gasteiger partial charge in [0.05, 0.1) is 35.8 Å². The van der Waals surface area contributed by atoms with Crippen LogP contribution in [0.1, 0.15) is 12.0 Å². The van der Waals surface area contributed by atoms with Crippen LogP contribution >= 0.6 is 0 Å². The molecule has 0 aliphatic carbocycles.